The number of nitrogens with zero attached hydrogens (tertiary/aromatic N) is 3. The largest absolute Gasteiger partial charge is 0.347 e. The minimum Gasteiger partial charge on any atom is -0.347 e. The average molecular weight is 424 g/mol. The zero-order valence-electron chi connectivity index (χ0n) is 18.2. The Labute approximate surface area is 180 Å². The first kappa shape index (κ1) is 20.2. The molecule has 6 heteroatoms. The van der Waals surface area contributed by atoms with E-state index < -0.39 is 5.92 Å². The molecule has 3 aromatic rings. The van der Waals surface area contributed by atoms with Gasteiger partial charge in [0.15, 0.2) is 0 Å². The van der Waals surface area contributed by atoms with Gasteiger partial charge in [0.05, 0.1) is 17.6 Å². The molecular weight excluding hydrogens is 396 g/mol. The minimum atomic E-state index is -2.49. The van der Waals surface area contributed by atoms with Crippen molar-refractivity contribution in [1.82, 2.24) is 14.5 Å². The molecule has 1 aliphatic carbocycles. The summed E-state index contributed by atoms with van der Waals surface area (Å²) in [7, 11) is 1.85. The summed E-state index contributed by atoms with van der Waals surface area (Å²) < 4.78 is 28.6. The molecular formula is C25H27F2N3O. The lowest BCUT2D eigenvalue weighted by molar-refractivity contribution is -0.130. The molecule has 162 valence electrons. The van der Waals surface area contributed by atoms with Crippen LogP contribution < -0.4 is 0 Å². The number of halogens is 2. The Balaban J connectivity index is 1.46. The summed E-state index contributed by atoms with van der Waals surface area (Å²) in [6, 6.07) is 6.23. The van der Waals surface area contributed by atoms with Gasteiger partial charge in [-0.25, -0.2) is 8.78 Å². The first-order chi connectivity index (χ1) is 14.7. The highest BCUT2D eigenvalue weighted by Crippen LogP contribution is 2.43. The van der Waals surface area contributed by atoms with Crippen LogP contribution in [0.1, 0.15) is 46.4 Å². The number of hydrogen-bond acceptors (Lipinski definition) is 2. The van der Waals surface area contributed by atoms with E-state index in [2.05, 4.69) is 35.5 Å². The molecule has 1 aromatic carbocycles. The number of rotatable bonds is 4. The van der Waals surface area contributed by atoms with Crippen molar-refractivity contribution in [3.63, 3.8) is 0 Å². The fourth-order valence-corrected chi connectivity index (χ4v) is 5.28. The molecule has 1 aliphatic heterocycles. The number of likely N-dealkylation sites (N-methyl/N-ethyl adjacent to an activating group) is 1. The van der Waals surface area contributed by atoms with Crippen molar-refractivity contribution >= 4 is 16.8 Å². The third kappa shape index (κ3) is 3.52. The summed E-state index contributed by atoms with van der Waals surface area (Å²) in [6.45, 7) is 5.52. The number of aryl methyl sites for hydroxylation is 1. The first-order valence-electron chi connectivity index (χ1n) is 10.9. The smallest absolute Gasteiger partial charge is 0.248 e. The molecule has 2 aromatic heterocycles. The molecule has 0 atom stereocenters. The maximum atomic E-state index is 13.2. The quantitative estimate of drug-likeness (QED) is 0.604. The van der Waals surface area contributed by atoms with E-state index in [4.69, 9.17) is 0 Å². The van der Waals surface area contributed by atoms with Gasteiger partial charge in [0.2, 0.25) is 11.8 Å². The lowest BCUT2D eigenvalue weighted by Crippen LogP contribution is -2.37. The molecule has 1 amide bonds. The van der Waals surface area contributed by atoms with Gasteiger partial charge in [-0.3, -0.25) is 9.78 Å². The standard InChI is InChI=1S/C25H27F2N3O/c1-15-8-18-14-29(3)24(31)10-21(18)16(2)20(15)9-22-19-5-7-30(23(19)4-6-28-22)13-17-11-25(26,27)12-17/h4-8,17H,9-14H2,1-3H3. The van der Waals surface area contributed by atoms with Gasteiger partial charge in [-0.05, 0) is 59.7 Å². The van der Waals surface area contributed by atoms with E-state index in [-0.39, 0.29) is 24.7 Å². The van der Waals surface area contributed by atoms with Crippen molar-refractivity contribution in [1.29, 1.82) is 0 Å². The number of carbonyl (C=O) groups is 1. The van der Waals surface area contributed by atoms with Crippen LogP contribution in [-0.2, 0) is 30.7 Å². The molecule has 2 aliphatic rings. The van der Waals surface area contributed by atoms with Crippen LogP contribution in [-0.4, -0.2) is 33.3 Å². The molecule has 1 saturated carbocycles. The molecule has 5 rings (SSSR count). The van der Waals surface area contributed by atoms with Gasteiger partial charge in [-0.1, -0.05) is 6.07 Å². The minimum absolute atomic E-state index is 0.0218. The Hall–Kier alpha value is -2.76. The van der Waals surface area contributed by atoms with E-state index in [0.29, 0.717) is 25.9 Å². The van der Waals surface area contributed by atoms with Crippen LogP contribution in [0, 0.1) is 19.8 Å². The third-order valence-electron chi connectivity index (χ3n) is 7.07. The summed E-state index contributed by atoms with van der Waals surface area (Å²) >= 11 is 0. The van der Waals surface area contributed by atoms with E-state index >= 15 is 0 Å². The number of amides is 1. The van der Waals surface area contributed by atoms with Gasteiger partial charge in [0.25, 0.3) is 0 Å². The van der Waals surface area contributed by atoms with Gasteiger partial charge in [0, 0.05) is 57.2 Å². The van der Waals surface area contributed by atoms with E-state index in [1.165, 1.54) is 22.3 Å². The lowest BCUT2D eigenvalue weighted by Gasteiger charge is -2.35. The summed E-state index contributed by atoms with van der Waals surface area (Å²) in [5, 5.41) is 1.07. The molecule has 31 heavy (non-hydrogen) atoms. The van der Waals surface area contributed by atoms with Crippen molar-refractivity contribution in [2.75, 3.05) is 7.05 Å². The van der Waals surface area contributed by atoms with Crippen LogP contribution >= 0.6 is 0 Å². The highest BCUT2D eigenvalue weighted by Gasteiger charge is 2.45. The second-order valence-corrected chi connectivity index (χ2v) is 9.33. The number of aromatic nitrogens is 2. The molecule has 4 nitrogen and oxygen atoms in total. The molecule has 0 bridgehead atoms. The summed E-state index contributed by atoms with van der Waals surface area (Å²) in [5.74, 6) is -2.30. The van der Waals surface area contributed by atoms with Crippen LogP contribution in [0.4, 0.5) is 8.78 Å². The normalized spacial score (nSPS) is 18.4. The maximum Gasteiger partial charge on any atom is 0.248 e. The Kier molecular flexibility index (Phi) is 4.65. The molecule has 1 fully saturated rings. The van der Waals surface area contributed by atoms with Crippen molar-refractivity contribution in [3.8, 4) is 0 Å². The first-order valence-corrected chi connectivity index (χ1v) is 10.9. The van der Waals surface area contributed by atoms with E-state index in [9.17, 15) is 13.6 Å². The summed E-state index contributed by atoms with van der Waals surface area (Å²) in [5.41, 5.74) is 8.04. The monoisotopic (exact) mass is 423 g/mol. The predicted octanol–water partition coefficient (Wildman–Crippen LogP) is 4.80. The zero-order chi connectivity index (χ0) is 21.9. The average Bonchev–Trinajstić information content (AvgIpc) is 3.09. The zero-order valence-corrected chi connectivity index (χ0v) is 18.2. The number of hydrogen-bond donors (Lipinski definition) is 0. The van der Waals surface area contributed by atoms with Crippen molar-refractivity contribution in [3.05, 3.63) is 64.1 Å². The second-order valence-electron chi connectivity index (χ2n) is 9.33. The van der Waals surface area contributed by atoms with Crippen LogP contribution in [0.3, 0.4) is 0 Å². The Bertz CT molecular complexity index is 1190. The lowest BCUT2D eigenvalue weighted by atomic mass is 9.81. The Morgan fingerprint density at radius 2 is 2.00 bits per heavy atom. The van der Waals surface area contributed by atoms with E-state index in [0.717, 1.165) is 22.2 Å². The van der Waals surface area contributed by atoms with Crippen LogP contribution in [0.25, 0.3) is 10.9 Å². The van der Waals surface area contributed by atoms with Crippen LogP contribution in [0.5, 0.6) is 0 Å². The van der Waals surface area contributed by atoms with Crippen molar-refractivity contribution < 1.29 is 13.6 Å². The van der Waals surface area contributed by atoms with Gasteiger partial charge >= 0.3 is 0 Å². The number of pyridine rings is 1. The molecule has 0 N–H and O–H groups in total. The maximum absolute atomic E-state index is 13.2. The van der Waals surface area contributed by atoms with Gasteiger partial charge in [0.1, 0.15) is 0 Å². The van der Waals surface area contributed by atoms with Gasteiger partial charge in [-0.2, -0.15) is 0 Å². The van der Waals surface area contributed by atoms with Gasteiger partial charge in [-0.15, -0.1) is 0 Å². The highest BCUT2D eigenvalue weighted by atomic mass is 19.3. The molecule has 0 radical (unpaired) electrons. The number of benzene rings is 1. The van der Waals surface area contributed by atoms with Crippen molar-refractivity contribution in [2.45, 2.75) is 58.5 Å². The number of carbonyl (C=O) groups excluding carboxylic acids is 1. The molecule has 3 heterocycles. The number of fused-ring (bicyclic) bond motifs is 2. The third-order valence-corrected chi connectivity index (χ3v) is 7.07. The molecule has 0 spiro atoms. The van der Waals surface area contributed by atoms with Crippen LogP contribution in [0.2, 0.25) is 0 Å². The SMILES string of the molecule is Cc1cc2c(c(C)c1Cc1nccc3c1ccn3CC1CC(F)(F)C1)CC(=O)N(C)C2. The van der Waals surface area contributed by atoms with Gasteiger partial charge < -0.3 is 9.47 Å². The molecule has 0 unspecified atom stereocenters. The van der Waals surface area contributed by atoms with E-state index in [1.807, 2.05) is 25.5 Å². The van der Waals surface area contributed by atoms with Crippen molar-refractivity contribution in [2.24, 2.45) is 5.92 Å². The summed E-state index contributed by atoms with van der Waals surface area (Å²) in [6.07, 6.45) is 4.90. The fraction of sp³-hybridized carbons (Fsp3) is 0.440. The van der Waals surface area contributed by atoms with E-state index in [1.54, 1.807) is 4.90 Å². The highest BCUT2D eigenvalue weighted by molar-refractivity contribution is 5.83. The predicted molar refractivity (Wildman–Crippen MR) is 116 cm³/mol. The topological polar surface area (TPSA) is 38.1 Å². The molecule has 0 saturated heterocycles. The second kappa shape index (κ2) is 7.14. The Morgan fingerprint density at radius 1 is 1.23 bits per heavy atom. The number of alkyl halides is 2. The van der Waals surface area contributed by atoms with Crippen LogP contribution in [0.15, 0.2) is 30.6 Å². The Morgan fingerprint density at radius 3 is 2.74 bits per heavy atom. The summed E-state index contributed by atoms with van der Waals surface area (Å²) in [4.78, 5) is 18.7. The fourth-order valence-electron chi connectivity index (χ4n) is 5.28.